The third-order valence-corrected chi connectivity index (χ3v) is 5.17. The fourth-order valence-corrected chi connectivity index (χ4v) is 3.90. The minimum absolute atomic E-state index is 0.407. The molecule has 0 radical (unpaired) electrons. The minimum Gasteiger partial charge on any atom is -0.311 e. The molecule has 0 aliphatic carbocycles. The molecule has 0 bridgehead atoms. The first-order valence-corrected chi connectivity index (χ1v) is 8.44. The zero-order valence-corrected chi connectivity index (χ0v) is 14.1. The standard InChI is InChI=1S/C14H13BrClN3S/c1-9-4-6-17-14-13(9)18-12(8-16)19(14)7-5-10-2-3-11(15)20-10/h2-4,6H,5,7-8H2,1H3. The van der Waals surface area contributed by atoms with Crippen LogP contribution in [-0.4, -0.2) is 14.5 Å². The summed E-state index contributed by atoms with van der Waals surface area (Å²) in [5.74, 6) is 1.29. The highest BCUT2D eigenvalue weighted by atomic mass is 79.9. The third-order valence-electron chi connectivity index (χ3n) is 3.24. The zero-order valence-electron chi connectivity index (χ0n) is 10.9. The molecule has 3 nitrogen and oxygen atoms in total. The van der Waals surface area contributed by atoms with Crippen LogP contribution in [0.15, 0.2) is 28.2 Å². The molecule has 6 heteroatoms. The van der Waals surface area contributed by atoms with E-state index in [-0.39, 0.29) is 0 Å². The van der Waals surface area contributed by atoms with Gasteiger partial charge in [0.05, 0.1) is 9.67 Å². The van der Waals surface area contributed by atoms with E-state index in [0.29, 0.717) is 5.88 Å². The van der Waals surface area contributed by atoms with Crippen LogP contribution in [0.2, 0.25) is 0 Å². The quantitative estimate of drug-likeness (QED) is 0.631. The number of hydrogen-bond acceptors (Lipinski definition) is 3. The summed E-state index contributed by atoms with van der Waals surface area (Å²) in [5.41, 5.74) is 3.02. The van der Waals surface area contributed by atoms with Crippen molar-refractivity contribution >= 4 is 50.0 Å². The van der Waals surface area contributed by atoms with Gasteiger partial charge in [-0.1, -0.05) is 0 Å². The Labute approximate surface area is 134 Å². The van der Waals surface area contributed by atoms with Crippen molar-refractivity contribution in [2.45, 2.75) is 25.8 Å². The average molecular weight is 371 g/mol. The smallest absolute Gasteiger partial charge is 0.160 e. The number of imidazole rings is 1. The number of pyridine rings is 1. The Balaban J connectivity index is 1.95. The molecule has 0 aliphatic rings. The lowest BCUT2D eigenvalue weighted by molar-refractivity contribution is 0.687. The van der Waals surface area contributed by atoms with Gasteiger partial charge in [-0.15, -0.1) is 22.9 Å². The van der Waals surface area contributed by atoms with Crippen molar-refractivity contribution in [3.63, 3.8) is 0 Å². The van der Waals surface area contributed by atoms with Crippen LogP contribution in [0.4, 0.5) is 0 Å². The Morgan fingerprint density at radius 1 is 1.35 bits per heavy atom. The molecule has 0 unspecified atom stereocenters. The molecule has 3 aromatic rings. The predicted octanol–water partition coefficient (Wildman–Crippen LogP) is 4.55. The molecule has 0 aromatic carbocycles. The molecule has 20 heavy (non-hydrogen) atoms. The van der Waals surface area contributed by atoms with Crippen LogP contribution in [0.5, 0.6) is 0 Å². The Bertz CT molecular complexity index is 750. The van der Waals surface area contributed by atoms with Gasteiger partial charge in [0.2, 0.25) is 0 Å². The highest BCUT2D eigenvalue weighted by molar-refractivity contribution is 9.11. The molecule has 0 saturated heterocycles. The molecule has 3 aromatic heterocycles. The first-order valence-electron chi connectivity index (χ1n) is 6.30. The van der Waals surface area contributed by atoms with Crippen molar-refractivity contribution in [3.8, 4) is 0 Å². The number of alkyl halides is 1. The van der Waals surface area contributed by atoms with E-state index in [4.69, 9.17) is 11.6 Å². The number of nitrogens with zero attached hydrogens (tertiary/aromatic N) is 3. The Kier molecular flexibility index (Phi) is 4.10. The molecule has 0 aliphatic heterocycles. The van der Waals surface area contributed by atoms with Crippen LogP contribution in [-0.2, 0) is 18.8 Å². The van der Waals surface area contributed by atoms with Crippen molar-refractivity contribution in [3.05, 3.63) is 44.4 Å². The minimum atomic E-state index is 0.407. The molecule has 3 heterocycles. The summed E-state index contributed by atoms with van der Waals surface area (Å²) >= 11 is 11.3. The lowest BCUT2D eigenvalue weighted by Crippen LogP contribution is -2.05. The molecule has 0 saturated carbocycles. The van der Waals surface area contributed by atoms with E-state index >= 15 is 0 Å². The van der Waals surface area contributed by atoms with Gasteiger partial charge in [0.25, 0.3) is 0 Å². The fourth-order valence-electron chi connectivity index (χ4n) is 2.23. The Morgan fingerprint density at radius 2 is 2.20 bits per heavy atom. The summed E-state index contributed by atoms with van der Waals surface area (Å²) in [6.45, 7) is 2.90. The average Bonchev–Trinajstić information content (AvgIpc) is 3.01. The van der Waals surface area contributed by atoms with Gasteiger partial charge >= 0.3 is 0 Å². The van der Waals surface area contributed by atoms with Crippen molar-refractivity contribution < 1.29 is 0 Å². The van der Waals surface area contributed by atoms with Crippen LogP contribution in [0.3, 0.4) is 0 Å². The third kappa shape index (κ3) is 2.62. The van der Waals surface area contributed by atoms with Crippen molar-refractivity contribution in [2.24, 2.45) is 0 Å². The molecule has 0 N–H and O–H groups in total. The van der Waals surface area contributed by atoms with E-state index in [1.165, 1.54) is 4.88 Å². The molecule has 104 valence electrons. The van der Waals surface area contributed by atoms with Crippen molar-refractivity contribution in [1.82, 2.24) is 14.5 Å². The summed E-state index contributed by atoms with van der Waals surface area (Å²) in [6, 6.07) is 6.21. The van der Waals surface area contributed by atoms with E-state index in [9.17, 15) is 0 Å². The van der Waals surface area contributed by atoms with E-state index in [1.54, 1.807) is 11.3 Å². The van der Waals surface area contributed by atoms with Crippen LogP contribution < -0.4 is 0 Å². The summed E-state index contributed by atoms with van der Waals surface area (Å²) in [7, 11) is 0. The van der Waals surface area contributed by atoms with Crippen molar-refractivity contribution in [1.29, 1.82) is 0 Å². The molecule has 0 fully saturated rings. The van der Waals surface area contributed by atoms with Gasteiger partial charge in [0.1, 0.15) is 11.3 Å². The summed E-state index contributed by atoms with van der Waals surface area (Å²) in [5, 5.41) is 0. The number of fused-ring (bicyclic) bond motifs is 1. The van der Waals surface area contributed by atoms with Crippen LogP contribution in [0, 0.1) is 6.92 Å². The molecular weight excluding hydrogens is 358 g/mol. The first-order chi connectivity index (χ1) is 9.69. The van der Waals surface area contributed by atoms with Gasteiger partial charge < -0.3 is 4.57 Å². The van der Waals surface area contributed by atoms with E-state index in [0.717, 1.165) is 39.3 Å². The number of aromatic nitrogens is 3. The van der Waals surface area contributed by atoms with Gasteiger partial charge in [0.15, 0.2) is 5.65 Å². The summed E-state index contributed by atoms with van der Waals surface area (Å²) < 4.78 is 3.29. The Hall–Kier alpha value is -0.910. The topological polar surface area (TPSA) is 30.7 Å². The van der Waals surface area contributed by atoms with E-state index < -0.39 is 0 Å². The molecule has 3 rings (SSSR count). The molecular formula is C14H13BrClN3S. The number of halogens is 2. The van der Waals surface area contributed by atoms with Crippen LogP contribution >= 0.6 is 38.9 Å². The van der Waals surface area contributed by atoms with Gasteiger partial charge in [-0.05, 0) is 53.0 Å². The monoisotopic (exact) mass is 369 g/mol. The lowest BCUT2D eigenvalue weighted by atomic mass is 10.3. The fraction of sp³-hybridized carbons (Fsp3) is 0.286. The zero-order chi connectivity index (χ0) is 14.1. The van der Waals surface area contributed by atoms with Crippen LogP contribution in [0.25, 0.3) is 11.2 Å². The number of thiophene rings is 1. The molecule has 0 spiro atoms. The molecule has 0 atom stereocenters. The first kappa shape index (κ1) is 14.0. The maximum Gasteiger partial charge on any atom is 0.160 e. The van der Waals surface area contributed by atoms with Crippen molar-refractivity contribution in [2.75, 3.05) is 0 Å². The van der Waals surface area contributed by atoms with E-state index in [1.807, 2.05) is 12.3 Å². The maximum atomic E-state index is 6.03. The number of rotatable bonds is 4. The second-order valence-electron chi connectivity index (χ2n) is 4.57. The maximum absolute atomic E-state index is 6.03. The Morgan fingerprint density at radius 3 is 2.90 bits per heavy atom. The second-order valence-corrected chi connectivity index (χ2v) is 7.38. The number of hydrogen-bond donors (Lipinski definition) is 0. The summed E-state index contributed by atoms with van der Waals surface area (Å²) in [6.07, 6.45) is 2.79. The van der Waals surface area contributed by atoms with Gasteiger partial charge in [0, 0.05) is 17.6 Å². The lowest BCUT2D eigenvalue weighted by Gasteiger charge is -2.06. The normalized spacial score (nSPS) is 11.3. The van der Waals surface area contributed by atoms with E-state index in [2.05, 4.69) is 49.5 Å². The summed E-state index contributed by atoms with van der Waals surface area (Å²) in [4.78, 5) is 10.4. The highest BCUT2D eigenvalue weighted by Crippen LogP contribution is 2.24. The predicted molar refractivity (Wildman–Crippen MR) is 87.5 cm³/mol. The second kappa shape index (κ2) is 5.84. The molecule has 0 amide bonds. The largest absolute Gasteiger partial charge is 0.311 e. The highest BCUT2D eigenvalue weighted by Gasteiger charge is 2.12. The van der Waals surface area contributed by atoms with Gasteiger partial charge in [-0.3, -0.25) is 0 Å². The number of aryl methyl sites for hydroxylation is 3. The van der Waals surface area contributed by atoms with Gasteiger partial charge in [-0.25, -0.2) is 9.97 Å². The SMILES string of the molecule is Cc1ccnc2c1nc(CCl)n2CCc1ccc(Br)s1. The van der Waals surface area contributed by atoms with Crippen LogP contribution in [0.1, 0.15) is 16.3 Å². The van der Waals surface area contributed by atoms with Gasteiger partial charge in [-0.2, -0.15) is 0 Å².